The molecule has 8 nitrogen and oxygen atoms in total. The summed E-state index contributed by atoms with van der Waals surface area (Å²) in [5.41, 5.74) is 0.226. The van der Waals surface area contributed by atoms with Crippen molar-refractivity contribution in [2.75, 3.05) is 20.2 Å². The third-order valence-electron chi connectivity index (χ3n) is 3.92. The van der Waals surface area contributed by atoms with E-state index in [1.165, 1.54) is 19.2 Å². The fourth-order valence-corrected chi connectivity index (χ4v) is 2.76. The smallest absolute Gasteiger partial charge is 0.344 e. The quantitative estimate of drug-likeness (QED) is 0.526. The number of nitrogens with zero attached hydrogens (tertiary/aromatic N) is 3. The standard InChI is InChI=1S/C14H16N4O4/c1-22-14(19)11-7-12-9(6-13(11)18(20)21)8-17(16-12)10-2-4-15-5-3-10/h6-8,10,15H,2-5H2,1H3. The van der Waals surface area contributed by atoms with Gasteiger partial charge in [0.25, 0.3) is 5.69 Å². The van der Waals surface area contributed by atoms with Gasteiger partial charge in [-0.15, -0.1) is 0 Å². The Labute approximate surface area is 126 Å². The molecule has 1 fully saturated rings. The summed E-state index contributed by atoms with van der Waals surface area (Å²) in [6.45, 7) is 1.85. The number of esters is 1. The van der Waals surface area contributed by atoms with Gasteiger partial charge in [0.05, 0.1) is 23.6 Å². The van der Waals surface area contributed by atoms with E-state index in [0.29, 0.717) is 10.9 Å². The summed E-state index contributed by atoms with van der Waals surface area (Å²) in [7, 11) is 1.20. The number of hydrogen-bond donors (Lipinski definition) is 1. The Hall–Kier alpha value is -2.48. The van der Waals surface area contributed by atoms with Crippen LogP contribution >= 0.6 is 0 Å². The van der Waals surface area contributed by atoms with Crippen molar-refractivity contribution in [1.82, 2.24) is 15.1 Å². The summed E-state index contributed by atoms with van der Waals surface area (Å²) in [6, 6.07) is 3.08. The highest BCUT2D eigenvalue weighted by atomic mass is 16.6. The summed E-state index contributed by atoms with van der Waals surface area (Å²) >= 11 is 0. The number of rotatable bonds is 3. The highest BCUT2D eigenvalue weighted by Crippen LogP contribution is 2.28. The molecular weight excluding hydrogens is 288 g/mol. The van der Waals surface area contributed by atoms with Crippen molar-refractivity contribution < 1.29 is 14.5 Å². The normalized spacial score (nSPS) is 15.9. The molecular formula is C14H16N4O4. The SMILES string of the molecule is COC(=O)c1cc2nn(C3CCNCC3)cc2cc1[N+](=O)[O-]. The summed E-state index contributed by atoms with van der Waals surface area (Å²) in [5, 5.41) is 19.6. The number of benzene rings is 1. The number of nitro benzene ring substituents is 1. The number of methoxy groups -OCH3 is 1. The Bertz CT molecular complexity index is 734. The lowest BCUT2D eigenvalue weighted by atomic mass is 10.1. The van der Waals surface area contributed by atoms with E-state index in [-0.39, 0.29) is 17.3 Å². The summed E-state index contributed by atoms with van der Waals surface area (Å²) < 4.78 is 6.46. The predicted molar refractivity (Wildman–Crippen MR) is 78.9 cm³/mol. The number of carbonyl (C=O) groups excluding carboxylic acids is 1. The highest BCUT2D eigenvalue weighted by molar-refractivity contribution is 5.99. The molecule has 3 rings (SSSR count). The maximum absolute atomic E-state index is 11.7. The molecule has 0 spiro atoms. The monoisotopic (exact) mass is 304 g/mol. The molecule has 0 atom stereocenters. The molecule has 1 saturated heterocycles. The van der Waals surface area contributed by atoms with Crippen LogP contribution in [-0.4, -0.2) is 40.9 Å². The molecule has 0 bridgehead atoms. The highest BCUT2D eigenvalue weighted by Gasteiger charge is 2.24. The molecule has 2 heterocycles. The number of fused-ring (bicyclic) bond motifs is 1. The zero-order valence-electron chi connectivity index (χ0n) is 12.1. The van der Waals surface area contributed by atoms with Crippen molar-refractivity contribution in [3.05, 3.63) is 34.0 Å². The van der Waals surface area contributed by atoms with Gasteiger partial charge >= 0.3 is 5.97 Å². The van der Waals surface area contributed by atoms with E-state index < -0.39 is 10.9 Å². The molecule has 1 N–H and O–H groups in total. The van der Waals surface area contributed by atoms with Crippen molar-refractivity contribution >= 4 is 22.6 Å². The van der Waals surface area contributed by atoms with Gasteiger partial charge in [-0.25, -0.2) is 4.79 Å². The number of piperidine rings is 1. The zero-order chi connectivity index (χ0) is 15.7. The molecule has 1 aliphatic heterocycles. The third-order valence-corrected chi connectivity index (χ3v) is 3.92. The average molecular weight is 304 g/mol. The van der Waals surface area contributed by atoms with Crippen LogP contribution in [0.3, 0.4) is 0 Å². The number of nitrogens with one attached hydrogen (secondary N) is 1. The van der Waals surface area contributed by atoms with Gasteiger partial charge in [0, 0.05) is 17.6 Å². The molecule has 22 heavy (non-hydrogen) atoms. The van der Waals surface area contributed by atoms with Gasteiger partial charge in [-0.1, -0.05) is 0 Å². The van der Waals surface area contributed by atoms with E-state index in [9.17, 15) is 14.9 Å². The number of nitro groups is 1. The van der Waals surface area contributed by atoms with Crippen LogP contribution in [-0.2, 0) is 4.74 Å². The van der Waals surface area contributed by atoms with Crippen molar-refractivity contribution in [3.63, 3.8) is 0 Å². The minimum Gasteiger partial charge on any atom is -0.465 e. The first-order valence-corrected chi connectivity index (χ1v) is 7.06. The second-order valence-electron chi connectivity index (χ2n) is 5.27. The molecule has 1 aromatic heterocycles. The van der Waals surface area contributed by atoms with Crippen LogP contribution in [0.5, 0.6) is 0 Å². The minimum atomic E-state index is -0.731. The van der Waals surface area contributed by atoms with Crippen molar-refractivity contribution in [1.29, 1.82) is 0 Å². The lowest BCUT2D eigenvalue weighted by molar-refractivity contribution is -0.385. The summed E-state index contributed by atoms with van der Waals surface area (Å²) in [4.78, 5) is 22.3. The Morgan fingerprint density at radius 3 is 2.82 bits per heavy atom. The Kier molecular flexibility index (Phi) is 3.76. The molecule has 8 heteroatoms. The van der Waals surface area contributed by atoms with Gasteiger partial charge in [0.15, 0.2) is 0 Å². The second-order valence-corrected chi connectivity index (χ2v) is 5.27. The van der Waals surface area contributed by atoms with Gasteiger partial charge in [-0.05, 0) is 32.0 Å². The molecule has 1 aromatic carbocycles. The largest absolute Gasteiger partial charge is 0.465 e. The molecule has 116 valence electrons. The van der Waals surface area contributed by atoms with E-state index in [0.717, 1.165) is 25.9 Å². The lowest BCUT2D eigenvalue weighted by Crippen LogP contribution is -2.29. The summed E-state index contributed by atoms with van der Waals surface area (Å²) in [5.74, 6) is -0.731. The first kappa shape index (κ1) is 14.5. The maximum Gasteiger partial charge on any atom is 0.344 e. The van der Waals surface area contributed by atoms with Gasteiger partial charge in [-0.2, -0.15) is 5.10 Å². The number of carbonyl (C=O) groups is 1. The Balaban J connectivity index is 2.07. The molecule has 1 aliphatic rings. The maximum atomic E-state index is 11.7. The van der Waals surface area contributed by atoms with Gasteiger partial charge in [0.2, 0.25) is 0 Å². The fourth-order valence-electron chi connectivity index (χ4n) is 2.76. The Morgan fingerprint density at radius 2 is 2.18 bits per heavy atom. The topological polar surface area (TPSA) is 99.3 Å². The Morgan fingerprint density at radius 1 is 1.45 bits per heavy atom. The van der Waals surface area contributed by atoms with Crippen LogP contribution in [0, 0.1) is 10.1 Å². The van der Waals surface area contributed by atoms with Crippen LogP contribution in [0.2, 0.25) is 0 Å². The minimum absolute atomic E-state index is 0.0736. The predicted octanol–water partition coefficient (Wildman–Crippen LogP) is 1.66. The summed E-state index contributed by atoms with van der Waals surface area (Å²) in [6.07, 6.45) is 3.72. The first-order valence-electron chi connectivity index (χ1n) is 7.06. The van der Waals surface area contributed by atoms with E-state index in [2.05, 4.69) is 15.2 Å². The number of aromatic nitrogens is 2. The molecule has 0 unspecified atom stereocenters. The first-order chi connectivity index (χ1) is 10.6. The van der Waals surface area contributed by atoms with Crippen LogP contribution in [0.4, 0.5) is 5.69 Å². The number of hydrogen-bond acceptors (Lipinski definition) is 6. The fraction of sp³-hybridized carbons (Fsp3) is 0.429. The number of ether oxygens (including phenoxy) is 1. The van der Waals surface area contributed by atoms with Crippen molar-refractivity contribution in [3.8, 4) is 0 Å². The van der Waals surface area contributed by atoms with Gasteiger partial charge in [0.1, 0.15) is 5.56 Å². The molecule has 0 radical (unpaired) electrons. The van der Waals surface area contributed by atoms with Gasteiger partial charge < -0.3 is 10.1 Å². The molecule has 2 aromatic rings. The van der Waals surface area contributed by atoms with Crippen molar-refractivity contribution in [2.45, 2.75) is 18.9 Å². The van der Waals surface area contributed by atoms with Crippen LogP contribution in [0.25, 0.3) is 10.9 Å². The van der Waals surface area contributed by atoms with E-state index >= 15 is 0 Å². The van der Waals surface area contributed by atoms with E-state index in [1.807, 2.05) is 4.68 Å². The van der Waals surface area contributed by atoms with E-state index in [4.69, 9.17) is 0 Å². The van der Waals surface area contributed by atoms with Crippen LogP contribution in [0.1, 0.15) is 29.2 Å². The van der Waals surface area contributed by atoms with Gasteiger partial charge in [-0.3, -0.25) is 14.8 Å². The second kappa shape index (κ2) is 5.72. The van der Waals surface area contributed by atoms with Crippen LogP contribution < -0.4 is 5.32 Å². The molecule has 0 saturated carbocycles. The average Bonchev–Trinajstić information content (AvgIpc) is 2.96. The lowest BCUT2D eigenvalue weighted by Gasteiger charge is -2.22. The molecule has 0 aliphatic carbocycles. The third kappa shape index (κ3) is 2.52. The van der Waals surface area contributed by atoms with Crippen molar-refractivity contribution in [2.24, 2.45) is 0 Å². The van der Waals surface area contributed by atoms with Crippen LogP contribution in [0.15, 0.2) is 18.3 Å². The van der Waals surface area contributed by atoms with E-state index in [1.54, 1.807) is 6.20 Å². The molecule has 0 amide bonds. The zero-order valence-corrected chi connectivity index (χ0v) is 12.1.